The van der Waals surface area contributed by atoms with Gasteiger partial charge in [0.2, 0.25) is 5.43 Å². The third kappa shape index (κ3) is 4.14. The van der Waals surface area contributed by atoms with Crippen LogP contribution < -0.4 is 14.9 Å². The summed E-state index contributed by atoms with van der Waals surface area (Å²) >= 11 is 0. The van der Waals surface area contributed by atoms with Crippen LogP contribution in [-0.4, -0.2) is 24.8 Å². The van der Waals surface area contributed by atoms with Crippen LogP contribution >= 0.6 is 0 Å². The molecule has 31 heavy (non-hydrogen) atoms. The summed E-state index contributed by atoms with van der Waals surface area (Å²) in [5.74, 6) is 0.636. The van der Waals surface area contributed by atoms with E-state index < -0.39 is 5.97 Å². The minimum atomic E-state index is -0.681. The summed E-state index contributed by atoms with van der Waals surface area (Å²) < 4.78 is 17.7. The maximum Gasteiger partial charge on any atom is 0.343 e. The Morgan fingerprint density at radius 3 is 2.29 bits per heavy atom. The number of fused-ring (bicyclic) bond motifs is 1. The Morgan fingerprint density at radius 1 is 0.903 bits per heavy atom. The van der Waals surface area contributed by atoms with Gasteiger partial charge in [0.15, 0.2) is 0 Å². The van der Waals surface area contributed by atoms with Gasteiger partial charge in [0.05, 0.1) is 19.7 Å². The molecule has 0 aliphatic heterocycles. The molecule has 1 aromatic heterocycles. The molecule has 6 nitrogen and oxygen atoms in total. The molecular formula is C25H21NO5. The van der Waals surface area contributed by atoms with Crippen LogP contribution in [0.5, 0.6) is 11.5 Å². The average Bonchev–Trinajstić information content (AvgIpc) is 2.83. The summed E-state index contributed by atoms with van der Waals surface area (Å²) in [4.78, 5) is 25.0. The molecule has 0 N–H and O–H groups in total. The number of esters is 1. The number of hydrogen-bond donors (Lipinski definition) is 0. The van der Waals surface area contributed by atoms with Crippen LogP contribution in [0.2, 0.25) is 0 Å². The van der Waals surface area contributed by atoms with Crippen LogP contribution in [0.15, 0.2) is 83.8 Å². The number of benzene rings is 3. The second-order valence-corrected chi connectivity index (χ2v) is 6.88. The second-order valence-electron chi connectivity index (χ2n) is 6.88. The van der Waals surface area contributed by atoms with E-state index in [2.05, 4.69) is 0 Å². The Labute approximate surface area is 179 Å². The van der Waals surface area contributed by atoms with Crippen molar-refractivity contribution in [2.75, 3.05) is 14.2 Å². The van der Waals surface area contributed by atoms with Gasteiger partial charge in [-0.15, -0.1) is 0 Å². The first-order chi connectivity index (χ1) is 15.1. The molecule has 1 heterocycles. The SMILES string of the molecule is COC(=O)c1cn(-c2ccc(OCc3ccccc3)cc2)c2cc(OC)ccc2c1=O. The first kappa shape index (κ1) is 20.2. The molecule has 4 rings (SSSR count). The van der Waals surface area contributed by atoms with Gasteiger partial charge >= 0.3 is 5.97 Å². The Bertz CT molecular complexity index is 1280. The van der Waals surface area contributed by atoms with Crippen molar-refractivity contribution in [1.29, 1.82) is 0 Å². The van der Waals surface area contributed by atoms with E-state index in [1.54, 1.807) is 29.9 Å². The topological polar surface area (TPSA) is 66.8 Å². The lowest BCUT2D eigenvalue weighted by Crippen LogP contribution is -2.19. The van der Waals surface area contributed by atoms with Gasteiger partial charge in [0.25, 0.3) is 0 Å². The van der Waals surface area contributed by atoms with Crippen LogP contribution in [0, 0.1) is 0 Å². The van der Waals surface area contributed by atoms with Gasteiger partial charge in [0, 0.05) is 23.3 Å². The zero-order valence-corrected chi connectivity index (χ0v) is 17.2. The van der Waals surface area contributed by atoms with Crippen molar-refractivity contribution < 1.29 is 19.0 Å². The Hall–Kier alpha value is -4.06. The van der Waals surface area contributed by atoms with Gasteiger partial charge in [0.1, 0.15) is 23.7 Å². The molecule has 0 aliphatic rings. The quantitative estimate of drug-likeness (QED) is 0.438. The molecule has 156 valence electrons. The summed E-state index contributed by atoms with van der Waals surface area (Å²) in [6.07, 6.45) is 1.50. The first-order valence-corrected chi connectivity index (χ1v) is 9.69. The number of methoxy groups -OCH3 is 2. The molecule has 4 aromatic rings. The maximum absolute atomic E-state index is 12.8. The van der Waals surface area contributed by atoms with Gasteiger partial charge in [-0.05, 0) is 42.0 Å². The normalized spacial score (nSPS) is 10.6. The van der Waals surface area contributed by atoms with Crippen molar-refractivity contribution in [3.05, 3.63) is 100 Å². The number of pyridine rings is 1. The Kier molecular flexibility index (Phi) is 5.71. The van der Waals surface area contributed by atoms with Crippen LogP contribution in [0.4, 0.5) is 0 Å². The van der Waals surface area contributed by atoms with E-state index in [9.17, 15) is 9.59 Å². The van der Waals surface area contributed by atoms with Crippen LogP contribution in [0.3, 0.4) is 0 Å². The molecule has 0 amide bonds. The summed E-state index contributed by atoms with van der Waals surface area (Å²) in [5, 5.41) is 0.396. The van der Waals surface area contributed by atoms with Crippen molar-refractivity contribution in [3.8, 4) is 17.2 Å². The Morgan fingerprint density at radius 2 is 1.61 bits per heavy atom. The summed E-state index contributed by atoms with van der Waals surface area (Å²) in [6.45, 7) is 0.463. The molecular weight excluding hydrogens is 394 g/mol. The van der Waals surface area contributed by atoms with Crippen LogP contribution in [0.25, 0.3) is 16.6 Å². The molecule has 0 saturated heterocycles. The van der Waals surface area contributed by atoms with Gasteiger partial charge < -0.3 is 18.8 Å². The van der Waals surface area contributed by atoms with Gasteiger partial charge in [-0.25, -0.2) is 4.79 Å². The highest BCUT2D eigenvalue weighted by Gasteiger charge is 2.17. The number of carbonyl (C=O) groups excluding carboxylic acids is 1. The van der Waals surface area contributed by atoms with Crippen LogP contribution in [-0.2, 0) is 11.3 Å². The number of carbonyl (C=O) groups is 1. The smallest absolute Gasteiger partial charge is 0.343 e. The van der Waals surface area contributed by atoms with Gasteiger partial charge in [-0.3, -0.25) is 4.79 Å². The molecule has 0 saturated carbocycles. The number of aromatic nitrogens is 1. The molecule has 6 heteroatoms. The molecule has 3 aromatic carbocycles. The minimum Gasteiger partial charge on any atom is -0.497 e. The molecule has 0 spiro atoms. The lowest BCUT2D eigenvalue weighted by Gasteiger charge is -2.15. The zero-order valence-electron chi connectivity index (χ0n) is 17.2. The minimum absolute atomic E-state index is 0.0374. The number of rotatable bonds is 6. The fourth-order valence-electron chi connectivity index (χ4n) is 3.34. The largest absolute Gasteiger partial charge is 0.497 e. The monoisotopic (exact) mass is 415 g/mol. The summed E-state index contributed by atoms with van der Waals surface area (Å²) in [6, 6.07) is 22.4. The lowest BCUT2D eigenvalue weighted by molar-refractivity contribution is 0.0599. The van der Waals surface area contributed by atoms with E-state index in [-0.39, 0.29) is 11.0 Å². The van der Waals surface area contributed by atoms with Gasteiger partial charge in [-0.1, -0.05) is 30.3 Å². The summed E-state index contributed by atoms with van der Waals surface area (Å²) in [7, 11) is 2.81. The van der Waals surface area contributed by atoms with E-state index in [0.29, 0.717) is 29.0 Å². The fourth-order valence-corrected chi connectivity index (χ4v) is 3.34. The Balaban J connectivity index is 1.74. The van der Waals surface area contributed by atoms with E-state index in [1.807, 2.05) is 54.6 Å². The maximum atomic E-state index is 12.8. The third-order valence-electron chi connectivity index (χ3n) is 4.98. The average molecular weight is 415 g/mol. The summed E-state index contributed by atoms with van der Waals surface area (Å²) in [5.41, 5.74) is 2.03. The van der Waals surface area contributed by atoms with E-state index in [4.69, 9.17) is 14.2 Å². The third-order valence-corrected chi connectivity index (χ3v) is 4.98. The predicted octanol–water partition coefficient (Wildman–Crippen LogP) is 4.36. The molecule has 0 atom stereocenters. The van der Waals surface area contributed by atoms with Crippen molar-refractivity contribution >= 4 is 16.9 Å². The molecule has 0 fully saturated rings. The standard InChI is InChI=1S/C25H21NO5/c1-29-20-12-13-21-23(14-20)26(15-22(24(21)27)25(28)30-2)18-8-10-19(11-9-18)31-16-17-6-4-3-5-7-17/h3-15H,16H2,1-2H3. The zero-order chi connectivity index (χ0) is 21.8. The molecule has 0 bridgehead atoms. The van der Waals surface area contributed by atoms with Crippen LogP contribution in [0.1, 0.15) is 15.9 Å². The van der Waals surface area contributed by atoms with Crippen molar-refractivity contribution in [2.45, 2.75) is 6.61 Å². The van der Waals surface area contributed by atoms with E-state index >= 15 is 0 Å². The molecule has 0 unspecified atom stereocenters. The highest BCUT2D eigenvalue weighted by Crippen LogP contribution is 2.24. The van der Waals surface area contributed by atoms with Gasteiger partial charge in [-0.2, -0.15) is 0 Å². The second kappa shape index (κ2) is 8.75. The number of hydrogen-bond acceptors (Lipinski definition) is 5. The molecule has 0 aliphatic carbocycles. The fraction of sp³-hybridized carbons (Fsp3) is 0.120. The number of ether oxygens (including phenoxy) is 3. The first-order valence-electron chi connectivity index (χ1n) is 9.69. The van der Waals surface area contributed by atoms with Crippen molar-refractivity contribution in [1.82, 2.24) is 4.57 Å². The number of nitrogens with zero attached hydrogens (tertiary/aromatic N) is 1. The van der Waals surface area contributed by atoms with E-state index in [1.165, 1.54) is 13.3 Å². The lowest BCUT2D eigenvalue weighted by atomic mass is 10.1. The van der Waals surface area contributed by atoms with E-state index in [0.717, 1.165) is 11.3 Å². The molecule has 0 radical (unpaired) electrons. The van der Waals surface area contributed by atoms with Crippen molar-refractivity contribution in [2.24, 2.45) is 0 Å². The highest BCUT2D eigenvalue weighted by molar-refractivity contribution is 5.94. The highest BCUT2D eigenvalue weighted by atomic mass is 16.5. The van der Waals surface area contributed by atoms with Crippen molar-refractivity contribution in [3.63, 3.8) is 0 Å². The predicted molar refractivity (Wildman–Crippen MR) is 118 cm³/mol.